The Morgan fingerprint density at radius 2 is 1.85 bits per heavy atom. The Kier molecular flexibility index (Phi) is 5.90. The van der Waals surface area contributed by atoms with E-state index in [1.807, 2.05) is 0 Å². The van der Waals surface area contributed by atoms with Crippen molar-refractivity contribution < 1.29 is 34.2 Å². The molecule has 5 N–H and O–H groups in total. The Hall–Kier alpha value is -2.66. The number of rotatable bonds is 6. The molecule has 6 rings (SSSR count). The molecule has 0 radical (unpaired) electrons. The number of phenolic OH excluding ortho intramolecular Hbond substituents is 1. The maximum atomic E-state index is 13.8. The van der Waals surface area contributed by atoms with E-state index in [2.05, 4.69) is 5.32 Å². The van der Waals surface area contributed by atoms with Gasteiger partial charge in [-0.15, -0.1) is 0 Å². The fourth-order valence-electron chi connectivity index (χ4n) is 7.61. The van der Waals surface area contributed by atoms with Crippen LogP contribution in [0.4, 0.5) is 0 Å². The van der Waals surface area contributed by atoms with Crippen LogP contribution in [0.25, 0.3) is 0 Å². The highest BCUT2D eigenvalue weighted by atomic mass is 35.5. The summed E-state index contributed by atoms with van der Waals surface area (Å²) in [7, 11) is 3.11. The number of hydrogen-bond acceptors (Lipinski definition) is 9. The van der Waals surface area contributed by atoms with Crippen molar-refractivity contribution in [1.29, 1.82) is 0 Å². The summed E-state index contributed by atoms with van der Waals surface area (Å²) in [4.78, 5) is 67.6. The molecular formula is C28H32ClN3O7. The topological polar surface area (TPSA) is 167 Å². The first-order valence-corrected chi connectivity index (χ1v) is 13.8. The number of nitrogens with one attached hydrogen (secondary N) is 1. The molecule has 4 saturated carbocycles. The number of phenols is 1. The van der Waals surface area contributed by atoms with Crippen LogP contribution in [-0.2, 0) is 32.1 Å². The number of Topliss-reactive ketones (excluding diaryl/α,β-unsaturated/α-hetero) is 4. The van der Waals surface area contributed by atoms with Crippen LogP contribution in [-0.4, -0.2) is 75.4 Å². The summed E-state index contributed by atoms with van der Waals surface area (Å²) in [6.07, 6.45) is 4.75. The Labute approximate surface area is 230 Å². The molecule has 0 bridgehead atoms. The second-order valence-corrected chi connectivity index (χ2v) is 12.7. The van der Waals surface area contributed by atoms with E-state index in [-0.39, 0.29) is 29.7 Å². The standard InChI is InChI=1S/C28H32ClN3O7/c1-32(2)21-15-8-11-7-14-18(16(33)9-12(20(14)29)10-31-27(5-6-27)13-3-4-13)22(34)17(11)24(36)28(15,39)25(37)19(23(21)35)26(30)38/h9,11,13,15,17,19,21,31,33,39H,3-8,10H2,1-2H3,(H2,30,38)/t11-,15-,17?,19?,21-,28-/m0/s1. The molecule has 1 amide bonds. The van der Waals surface area contributed by atoms with Crippen LogP contribution in [0.1, 0.15) is 53.6 Å². The molecule has 5 aliphatic rings. The highest BCUT2D eigenvalue weighted by Gasteiger charge is 2.69. The summed E-state index contributed by atoms with van der Waals surface area (Å²) >= 11 is 6.81. The summed E-state index contributed by atoms with van der Waals surface area (Å²) in [6, 6.07) is 0.304. The van der Waals surface area contributed by atoms with Gasteiger partial charge in [0.15, 0.2) is 34.7 Å². The van der Waals surface area contributed by atoms with Gasteiger partial charge in [-0.1, -0.05) is 11.6 Å². The minimum absolute atomic E-state index is 0.00570. The Bertz CT molecular complexity index is 1350. The number of aliphatic hydroxyl groups is 1. The van der Waals surface area contributed by atoms with Gasteiger partial charge >= 0.3 is 0 Å². The largest absolute Gasteiger partial charge is 0.507 e. The summed E-state index contributed by atoms with van der Waals surface area (Å²) in [5, 5.41) is 26.5. The van der Waals surface area contributed by atoms with E-state index >= 15 is 0 Å². The quantitative estimate of drug-likeness (QED) is 0.365. The van der Waals surface area contributed by atoms with E-state index in [1.165, 1.54) is 23.8 Å². The number of ketones is 4. The molecule has 0 heterocycles. The second-order valence-electron chi connectivity index (χ2n) is 12.3. The lowest BCUT2D eigenvalue weighted by Gasteiger charge is -2.52. The van der Waals surface area contributed by atoms with Crippen molar-refractivity contribution in [3.05, 3.63) is 27.8 Å². The lowest BCUT2D eigenvalue weighted by Crippen LogP contribution is -2.74. The van der Waals surface area contributed by atoms with Crippen LogP contribution in [0.3, 0.4) is 0 Å². The molecule has 6 atom stereocenters. The van der Waals surface area contributed by atoms with E-state index in [4.69, 9.17) is 17.3 Å². The Morgan fingerprint density at radius 1 is 1.18 bits per heavy atom. The number of nitrogens with two attached hydrogens (primary N) is 1. The summed E-state index contributed by atoms with van der Waals surface area (Å²) < 4.78 is 0. The number of primary amides is 1. The van der Waals surface area contributed by atoms with E-state index in [1.54, 1.807) is 14.1 Å². The number of nitrogens with zero attached hydrogens (tertiary/aromatic N) is 1. The predicted molar refractivity (Wildman–Crippen MR) is 138 cm³/mol. The van der Waals surface area contributed by atoms with E-state index in [9.17, 15) is 34.2 Å². The van der Waals surface area contributed by atoms with Gasteiger partial charge in [-0.2, -0.15) is 0 Å². The van der Waals surface area contributed by atoms with Crippen LogP contribution in [0.2, 0.25) is 5.02 Å². The molecule has 5 aliphatic carbocycles. The maximum Gasteiger partial charge on any atom is 0.235 e. The van der Waals surface area contributed by atoms with Gasteiger partial charge in [-0.05, 0) is 81.6 Å². The number of benzene rings is 1. The van der Waals surface area contributed by atoms with Gasteiger partial charge in [0.05, 0.1) is 17.5 Å². The molecule has 0 aromatic heterocycles. The van der Waals surface area contributed by atoms with Crippen LogP contribution in [0, 0.1) is 29.6 Å². The first-order chi connectivity index (χ1) is 18.3. The van der Waals surface area contributed by atoms with Crippen molar-refractivity contribution in [2.75, 3.05) is 14.1 Å². The highest BCUT2D eigenvalue weighted by Crippen LogP contribution is 2.55. The van der Waals surface area contributed by atoms with Crippen LogP contribution in [0.15, 0.2) is 6.07 Å². The molecule has 0 spiro atoms. The van der Waals surface area contributed by atoms with Crippen molar-refractivity contribution in [2.24, 2.45) is 35.3 Å². The first kappa shape index (κ1) is 26.6. The number of halogens is 1. The summed E-state index contributed by atoms with van der Waals surface area (Å²) in [5.74, 6) is -9.97. The van der Waals surface area contributed by atoms with Crippen LogP contribution < -0.4 is 11.1 Å². The summed E-state index contributed by atoms with van der Waals surface area (Å²) in [5.41, 5.74) is 3.73. The molecule has 1 aromatic carbocycles. The molecule has 39 heavy (non-hydrogen) atoms. The summed E-state index contributed by atoms with van der Waals surface area (Å²) in [6.45, 7) is 0.431. The molecule has 2 unspecified atom stereocenters. The van der Waals surface area contributed by atoms with Gasteiger partial charge < -0.3 is 21.3 Å². The zero-order chi connectivity index (χ0) is 28.2. The smallest absolute Gasteiger partial charge is 0.235 e. The minimum Gasteiger partial charge on any atom is -0.507 e. The third-order valence-corrected chi connectivity index (χ3v) is 10.3. The van der Waals surface area contributed by atoms with Gasteiger partial charge in [-0.25, -0.2) is 0 Å². The van der Waals surface area contributed by atoms with Gasteiger partial charge in [0.2, 0.25) is 5.91 Å². The Morgan fingerprint density at radius 3 is 2.41 bits per heavy atom. The zero-order valence-corrected chi connectivity index (χ0v) is 22.6. The number of likely N-dealkylation sites (N-methyl/N-ethyl adjacent to an activating group) is 1. The van der Waals surface area contributed by atoms with Crippen LogP contribution >= 0.6 is 11.6 Å². The number of amides is 1. The second kappa shape index (κ2) is 8.67. The number of aromatic hydroxyl groups is 1. The van der Waals surface area contributed by atoms with E-state index < -0.39 is 64.4 Å². The third kappa shape index (κ3) is 3.68. The fourth-order valence-corrected chi connectivity index (χ4v) is 7.90. The molecular weight excluding hydrogens is 526 g/mol. The van der Waals surface area contributed by atoms with Gasteiger partial charge in [0.25, 0.3) is 0 Å². The average Bonchev–Trinajstić information content (AvgIpc) is 3.76. The fraction of sp³-hybridized carbons (Fsp3) is 0.607. The number of carbonyl (C=O) groups excluding carboxylic acids is 5. The monoisotopic (exact) mass is 557 g/mol. The molecule has 208 valence electrons. The lowest BCUT2D eigenvalue weighted by molar-refractivity contribution is -0.181. The molecule has 1 aromatic rings. The number of fused-ring (bicyclic) bond motifs is 3. The van der Waals surface area contributed by atoms with Gasteiger partial charge in [0.1, 0.15) is 5.75 Å². The van der Waals surface area contributed by atoms with Crippen molar-refractivity contribution in [1.82, 2.24) is 10.2 Å². The number of carbonyl (C=O) groups is 5. The molecule has 0 saturated heterocycles. The van der Waals surface area contributed by atoms with Gasteiger partial charge in [0, 0.05) is 23.0 Å². The normalized spacial score (nSPS) is 34.9. The van der Waals surface area contributed by atoms with Crippen molar-refractivity contribution in [3.63, 3.8) is 0 Å². The SMILES string of the molecule is CN(C)[C@@H]1C(=O)C(C(N)=O)C(=O)[C@@]2(O)C(=O)C3C(=O)c4c(O)cc(CNC5(C6CC6)CC5)c(Cl)c4C[C@H]3C[C@@H]12. The lowest BCUT2D eigenvalue weighted by atomic mass is 9.52. The van der Waals surface area contributed by atoms with E-state index in [0.717, 1.165) is 12.8 Å². The third-order valence-electron chi connectivity index (χ3n) is 9.85. The molecule has 11 heteroatoms. The van der Waals surface area contributed by atoms with Crippen molar-refractivity contribution in [3.8, 4) is 5.75 Å². The predicted octanol–water partition coefficient (Wildman–Crippen LogP) is 0.553. The molecule has 4 fully saturated rings. The van der Waals surface area contributed by atoms with Crippen molar-refractivity contribution in [2.45, 2.75) is 62.3 Å². The zero-order valence-electron chi connectivity index (χ0n) is 21.8. The van der Waals surface area contributed by atoms with E-state index in [0.29, 0.717) is 28.6 Å². The molecule has 10 nitrogen and oxygen atoms in total. The number of hydrogen-bond donors (Lipinski definition) is 4. The van der Waals surface area contributed by atoms with Crippen molar-refractivity contribution >= 4 is 40.6 Å². The maximum absolute atomic E-state index is 13.8. The minimum atomic E-state index is -2.73. The van der Waals surface area contributed by atoms with Gasteiger partial charge in [-0.3, -0.25) is 28.9 Å². The van der Waals surface area contributed by atoms with Crippen LogP contribution in [0.5, 0.6) is 5.75 Å². The average molecular weight is 558 g/mol. The molecule has 0 aliphatic heterocycles. The Balaban J connectivity index is 1.37. The first-order valence-electron chi connectivity index (χ1n) is 13.5. The highest BCUT2D eigenvalue weighted by molar-refractivity contribution is 6.34.